The van der Waals surface area contributed by atoms with Crippen LogP contribution in [0.5, 0.6) is 11.6 Å². The van der Waals surface area contributed by atoms with Crippen molar-refractivity contribution < 1.29 is 41.0 Å². The number of nitrogens with zero attached hydrogens (tertiary/aromatic N) is 1. The first-order chi connectivity index (χ1) is 15.1. The number of rotatable bonds is 4. The number of aliphatic hydroxyl groups excluding tert-OH is 1. The first-order valence-corrected chi connectivity index (χ1v) is 10.0. The highest BCUT2D eigenvalue weighted by atomic mass is 19.4. The molecule has 0 fully saturated rings. The van der Waals surface area contributed by atoms with E-state index in [1.807, 2.05) is 13.8 Å². The Labute approximate surface area is 185 Å². The Balaban J connectivity index is 2.08. The summed E-state index contributed by atoms with van der Waals surface area (Å²) in [5.41, 5.74) is -2.68. The van der Waals surface area contributed by atoms with Crippen molar-refractivity contribution >= 4 is 11.4 Å². The third-order valence-electron chi connectivity index (χ3n) is 5.28. The van der Waals surface area contributed by atoms with E-state index in [9.17, 15) is 36.2 Å². The molecule has 0 radical (unpaired) electrons. The van der Waals surface area contributed by atoms with Crippen molar-refractivity contribution in [3.05, 3.63) is 58.5 Å². The van der Waals surface area contributed by atoms with Crippen molar-refractivity contribution in [2.75, 3.05) is 0 Å². The maximum absolute atomic E-state index is 13.4. The Hall–Kier alpha value is -3.04. The monoisotopic (exact) mass is 473 g/mol. The Bertz CT molecular complexity index is 1120. The molecule has 0 atom stereocenters. The lowest BCUT2D eigenvalue weighted by Crippen LogP contribution is -2.25. The van der Waals surface area contributed by atoms with Crippen LogP contribution < -0.4 is 4.74 Å². The third-order valence-corrected chi connectivity index (χ3v) is 5.28. The number of carbonyl (C=O) groups excluding carboxylic acids is 1. The van der Waals surface area contributed by atoms with Crippen LogP contribution in [0.2, 0.25) is 0 Å². The van der Waals surface area contributed by atoms with E-state index in [-0.39, 0.29) is 48.0 Å². The SMILES string of the molecule is CCc1ccc(Oc2ncc(C(F)(F)F)cc2C(F)(F)F)cc1C1=C(O)CC(C)(C)CC1=O. The molecule has 0 bridgehead atoms. The highest BCUT2D eigenvalue weighted by molar-refractivity contribution is 6.22. The zero-order valence-electron chi connectivity index (χ0n) is 18.0. The number of halogens is 6. The van der Waals surface area contributed by atoms with Crippen molar-refractivity contribution in [1.29, 1.82) is 0 Å². The number of aryl methyl sites for hydroxylation is 1. The first-order valence-electron chi connectivity index (χ1n) is 10.0. The molecule has 33 heavy (non-hydrogen) atoms. The Morgan fingerprint density at radius 1 is 1.06 bits per heavy atom. The van der Waals surface area contributed by atoms with Crippen LogP contribution in [-0.2, 0) is 23.6 Å². The van der Waals surface area contributed by atoms with Gasteiger partial charge in [-0.15, -0.1) is 0 Å². The van der Waals surface area contributed by atoms with E-state index >= 15 is 0 Å². The lowest BCUT2D eigenvalue weighted by Gasteiger charge is -2.30. The predicted molar refractivity (Wildman–Crippen MR) is 108 cm³/mol. The number of ether oxygens (including phenoxy) is 1. The van der Waals surface area contributed by atoms with Crippen LogP contribution in [0.1, 0.15) is 55.9 Å². The molecule has 0 aliphatic heterocycles. The maximum atomic E-state index is 13.4. The third kappa shape index (κ3) is 5.31. The lowest BCUT2D eigenvalue weighted by molar-refractivity contribution is -0.144. The average Bonchev–Trinajstić information content (AvgIpc) is 2.65. The number of aromatic nitrogens is 1. The summed E-state index contributed by atoms with van der Waals surface area (Å²) >= 11 is 0. The van der Waals surface area contributed by atoms with Gasteiger partial charge in [-0.2, -0.15) is 26.3 Å². The molecule has 4 nitrogen and oxygen atoms in total. The van der Waals surface area contributed by atoms with E-state index in [0.29, 0.717) is 17.5 Å². The highest BCUT2D eigenvalue weighted by Gasteiger charge is 2.40. The van der Waals surface area contributed by atoms with Gasteiger partial charge in [-0.1, -0.05) is 26.8 Å². The smallest absolute Gasteiger partial charge is 0.421 e. The van der Waals surface area contributed by atoms with Gasteiger partial charge in [-0.05, 0) is 41.2 Å². The van der Waals surface area contributed by atoms with Crippen molar-refractivity contribution in [2.24, 2.45) is 5.41 Å². The Morgan fingerprint density at radius 2 is 1.73 bits per heavy atom. The topological polar surface area (TPSA) is 59.4 Å². The second-order valence-electron chi connectivity index (χ2n) is 8.61. The van der Waals surface area contributed by atoms with Gasteiger partial charge in [0.1, 0.15) is 17.1 Å². The number of benzene rings is 1. The fraction of sp³-hybridized carbons (Fsp3) is 0.391. The quantitative estimate of drug-likeness (QED) is 0.480. The van der Waals surface area contributed by atoms with Gasteiger partial charge in [0.15, 0.2) is 5.78 Å². The summed E-state index contributed by atoms with van der Waals surface area (Å²) in [6.07, 6.45) is -9.05. The molecule has 1 aromatic heterocycles. The van der Waals surface area contributed by atoms with Crippen LogP contribution in [0.15, 0.2) is 36.2 Å². The summed E-state index contributed by atoms with van der Waals surface area (Å²) in [5.74, 6) is -1.68. The molecule has 1 aliphatic rings. The Kier molecular flexibility index (Phi) is 6.25. The van der Waals surface area contributed by atoms with Crippen LogP contribution >= 0.6 is 0 Å². The molecule has 0 spiro atoms. The van der Waals surface area contributed by atoms with Gasteiger partial charge in [-0.25, -0.2) is 4.98 Å². The average molecular weight is 473 g/mol. The summed E-state index contributed by atoms with van der Waals surface area (Å²) in [4.78, 5) is 16.0. The number of carbonyl (C=O) groups is 1. The molecule has 3 rings (SSSR count). The van der Waals surface area contributed by atoms with Crippen LogP contribution in [0.4, 0.5) is 26.3 Å². The van der Waals surface area contributed by atoms with Crippen LogP contribution in [0.25, 0.3) is 5.57 Å². The van der Waals surface area contributed by atoms with Crippen molar-refractivity contribution in [1.82, 2.24) is 4.98 Å². The second kappa shape index (κ2) is 8.39. The number of Topliss-reactive ketones (excluding diaryl/α,β-unsaturated/α-hetero) is 1. The van der Waals surface area contributed by atoms with Gasteiger partial charge in [0, 0.05) is 19.0 Å². The van der Waals surface area contributed by atoms with Crippen LogP contribution in [0.3, 0.4) is 0 Å². The summed E-state index contributed by atoms with van der Waals surface area (Å²) in [7, 11) is 0. The molecular formula is C23H21F6NO3. The van der Waals surface area contributed by atoms with Gasteiger partial charge >= 0.3 is 12.4 Å². The molecule has 0 unspecified atom stereocenters. The standard InChI is InChI=1S/C23H21F6NO3/c1-4-12-5-6-14(8-15(12)19-17(31)9-21(2,3)10-18(19)32)33-20-16(23(27,28)29)7-13(11-30-20)22(24,25)26/h5-8,11,31H,4,9-10H2,1-3H3. The summed E-state index contributed by atoms with van der Waals surface area (Å²) in [5, 5.41) is 10.5. The predicted octanol–water partition coefficient (Wildman–Crippen LogP) is 7.13. The van der Waals surface area contributed by atoms with Gasteiger partial charge in [0.2, 0.25) is 5.88 Å². The van der Waals surface area contributed by atoms with E-state index in [1.54, 1.807) is 6.92 Å². The number of ketones is 1. The van der Waals surface area contributed by atoms with Crippen LogP contribution in [-0.4, -0.2) is 15.9 Å². The minimum atomic E-state index is -5.15. The summed E-state index contributed by atoms with van der Waals surface area (Å²) in [6.45, 7) is 5.45. The zero-order chi connectivity index (χ0) is 24.8. The molecule has 0 saturated heterocycles. The van der Waals surface area contributed by atoms with E-state index in [4.69, 9.17) is 4.74 Å². The number of hydrogen-bond donors (Lipinski definition) is 1. The fourth-order valence-corrected chi connectivity index (χ4v) is 3.76. The number of aliphatic hydroxyl groups is 1. The van der Waals surface area contributed by atoms with E-state index in [2.05, 4.69) is 4.98 Å². The van der Waals surface area contributed by atoms with Crippen molar-refractivity contribution in [2.45, 2.75) is 52.4 Å². The highest BCUT2D eigenvalue weighted by Crippen LogP contribution is 2.43. The number of pyridine rings is 1. The first kappa shape index (κ1) is 24.6. The number of hydrogen-bond acceptors (Lipinski definition) is 4. The molecule has 10 heteroatoms. The molecule has 1 heterocycles. The minimum absolute atomic E-state index is 0.0630. The molecular weight excluding hydrogens is 452 g/mol. The number of allylic oxidation sites excluding steroid dienone is 2. The molecule has 0 saturated carbocycles. The summed E-state index contributed by atoms with van der Waals surface area (Å²) in [6, 6.07) is 4.08. The second-order valence-corrected chi connectivity index (χ2v) is 8.61. The molecule has 0 amide bonds. The maximum Gasteiger partial charge on any atom is 0.421 e. The van der Waals surface area contributed by atoms with Crippen molar-refractivity contribution in [3.8, 4) is 11.6 Å². The van der Waals surface area contributed by atoms with Gasteiger partial charge in [-0.3, -0.25) is 4.79 Å². The molecule has 1 aromatic carbocycles. The molecule has 178 valence electrons. The van der Waals surface area contributed by atoms with E-state index in [1.165, 1.54) is 18.2 Å². The zero-order valence-corrected chi connectivity index (χ0v) is 18.0. The van der Waals surface area contributed by atoms with E-state index < -0.39 is 34.8 Å². The normalized spacial score (nSPS) is 16.8. The molecule has 2 aromatic rings. The lowest BCUT2D eigenvalue weighted by atomic mass is 9.74. The fourth-order valence-electron chi connectivity index (χ4n) is 3.76. The van der Waals surface area contributed by atoms with E-state index in [0.717, 1.165) is 0 Å². The van der Waals surface area contributed by atoms with Gasteiger partial charge in [0.05, 0.1) is 11.1 Å². The van der Waals surface area contributed by atoms with Crippen LogP contribution in [0, 0.1) is 5.41 Å². The summed E-state index contributed by atoms with van der Waals surface area (Å²) < 4.78 is 84.1. The Morgan fingerprint density at radius 3 is 2.27 bits per heavy atom. The number of alkyl halides is 6. The molecule has 1 aliphatic carbocycles. The largest absolute Gasteiger partial charge is 0.512 e. The van der Waals surface area contributed by atoms with Gasteiger partial charge in [0.25, 0.3) is 0 Å². The molecule has 1 N–H and O–H groups in total. The minimum Gasteiger partial charge on any atom is -0.512 e. The van der Waals surface area contributed by atoms with Gasteiger partial charge < -0.3 is 9.84 Å². The van der Waals surface area contributed by atoms with Crippen molar-refractivity contribution in [3.63, 3.8) is 0 Å².